The highest BCUT2D eigenvalue weighted by Crippen LogP contribution is 2.12. The highest BCUT2D eigenvalue weighted by molar-refractivity contribution is 7.99. The Morgan fingerprint density at radius 1 is 0.500 bits per heavy atom. The molecule has 0 aliphatic carbocycles. The predicted molar refractivity (Wildman–Crippen MR) is 75.2 cm³/mol. The van der Waals surface area contributed by atoms with Crippen LogP contribution < -0.4 is 0 Å². The summed E-state index contributed by atoms with van der Waals surface area (Å²) in [6.45, 7) is -5.02. The van der Waals surface area contributed by atoms with E-state index in [-0.39, 0.29) is 0 Å². The van der Waals surface area contributed by atoms with Gasteiger partial charge < -0.3 is 9.47 Å². The van der Waals surface area contributed by atoms with Gasteiger partial charge in [0.25, 0.3) is 0 Å². The average Bonchev–Trinajstić information content (AvgIpc) is 2.34. The van der Waals surface area contributed by atoms with E-state index in [0.717, 1.165) is 0 Å². The lowest BCUT2D eigenvalue weighted by Gasteiger charge is -2.13. The molecule has 0 saturated heterocycles. The van der Waals surface area contributed by atoms with Gasteiger partial charge in [0.2, 0.25) is 0 Å². The number of hydrogen-bond acceptors (Lipinski definition) is 10. The smallest absolute Gasteiger partial charge is 0.378 e. The molecule has 0 rings (SSSR count). The molecule has 0 aromatic carbocycles. The lowest BCUT2D eigenvalue weighted by Crippen LogP contribution is -2.35. The normalized spacial score (nSPS) is 14.2. The van der Waals surface area contributed by atoms with Crippen LogP contribution in [0.25, 0.3) is 0 Å². The van der Waals surface area contributed by atoms with Crippen LogP contribution in [0.1, 0.15) is 0 Å². The quantitative estimate of drug-likeness (QED) is 0.173. The van der Waals surface area contributed by atoms with E-state index in [0.29, 0.717) is 0 Å². The van der Waals surface area contributed by atoms with E-state index in [1.54, 1.807) is 0 Å². The summed E-state index contributed by atoms with van der Waals surface area (Å²) < 4.78 is 140. The van der Waals surface area contributed by atoms with Gasteiger partial charge in [0.1, 0.15) is 0 Å². The average molecular weight is 476 g/mol. The summed E-state index contributed by atoms with van der Waals surface area (Å²) in [6, 6.07) is 0. The Morgan fingerprint density at radius 2 is 0.731 bits per heavy atom. The molecule has 0 aromatic rings. The molecule has 0 amide bonds. The highest BCUT2D eigenvalue weighted by Gasteiger charge is 2.34. The summed E-state index contributed by atoms with van der Waals surface area (Å²) in [6.07, 6.45) is 0. The monoisotopic (exact) mass is 476 g/mol. The fraction of sp³-hybridized carbons (Fsp3) is 1.00. The van der Waals surface area contributed by atoms with Gasteiger partial charge in [-0.2, -0.15) is 33.7 Å². The van der Waals surface area contributed by atoms with E-state index in [2.05, 4.69) is 9.47 Å². The van der Waals surface area contributed by atoms with E-state index in [4.69, 9.17) is 0 Å². The first kappa shape index (κ1) is 25.4. The molecule has 158 valence electrons. The first-order valence-corrected chi connectivity index (χ1v) is 11.3. The largest absolute Gasteiger partial charge is 0.390 e. The maximum atomic E-state index is 12.5. The molecule has 12 nitrogen and oxygen atoms in total. The standard InChI is InChI=1S/C6H12F4N2O10S4/c7-23(13,14)11(24(8,15)16)1-3-21-5-6-22-4-2-12(25(9,17)18)26(10,19)20/h1-6H2. The van der Waals surface area contributed by atoms with E-state index in [1.807, 2.05) is 0 Å². The lowest BCUT2D eigenvalue weighted by atomic mass is 10.7. The molecule has 0 aromatic heterocycles. The summed E-state index contributed by atoms with van der Waals surface area (Å²) >= 11 is 0. The van der Waals surface area contributed by atoms with Crippen LogP contribution in [0.5, 0.6) is 0 Å². The molecule has 0 aliphatic heterocycles. The van der Waals surface area contributed by atoms with E-state index in [9.17, 15) is 49.2 Å². The molecular weight excluding hydrogens is 464 g/mol. The summed E-state index contributed by atoms with van der Waals surface area (Å²) in [5, 5.41) is 0. The molecule has 0 bridgehead atoms. The molecule has 0 radical (unpaired) electrons. The van der Waals surface area contributed by atoms with Gasteiger partial charge in [-0.25, -0.2) is 0 Å². The Balaban J connectivity index is 4.23. The van der Waals surface area contributed by atoms with Gasteiger partial charge in [-0.15, -0.1) is 0 Å². The maximum absolute atomic E-state index is 12.5. The minimum Gasteiger partial charge on any atom is -0.378 e. The van der Waals surface area contributed by atoms with Gasteiger partial charge >= 0.3 is 41.6 Å². The zero-order chi connectivity index (χ0) is 20.8. The van der Waals surface area contributed by atoms with Crippen molar-refractivity contribution in [2.24, 2.45) is 0 Å². The molecule has 20 heteroatoms. The minimum absolute atomic E-state index is 0.461. The van der Waals surface area contributed by atoms with E-state index in [1.165, 1.54) is 0 Å². The molecule has 0 N–H and O–H groups in total. The summed E-state index contributed by atoms with van der Waals surface area (Å²) in [5.74, 6) is 0. The SMILES string of the molecule is O=S(=O)(F)N(CCOCCOCCN(S(=O)(=O)F)S(=O)(=O)F)S(=O)(=O)F. The van der Waals surface area contributed by atoms with Crippen molar-refractivity contribution in [1.82, 2.24) is 7.42 Å². The molecule has 0 heterocycles. The van der Waals surface area contributed by atoms with Gasteiger partial charge in [-0.3, -0.25) is 0 Å². The summed E-state index contributed by atoms with van der Waals surface area (Å²) in [4.78, 5) is 0. The molecule has 0 spiro atoms. The van der Waals surface area contributed by atoms with Crippen molar-refractivity contribution in [1.29, 1.82) is 0 Å². The van der Waals surface area contributed by atoms with Crippen LogP contribution in [0, 0.1) is 0 Å². The van der Waals surface area contributed by atoms with Crippen molar-refractivity contribution >= 4 is 41.6 Å². The third kappa shape index (κ3) is 9.89. The van der Waals surface area contributed by atoms with Crippen molar-refractivity contribution in [3.8, 4) is 0 Å². The molecular formula is C6H12F4N2O10S4. The Morgan fingerprint density at radius 3 is 0.923 bits per heavy atom. The van der Waals surface area contributed by atoms with Crippen LogP contribution in [0.15, 0.2) is 0 Å². The Kier molecular flexibility index (Phi) is 9.29. The number of rotatable bonds is 13. The van der Waals surface area contributed by atoms with Crippen LogP contribution in [0.4, 0.5) is 15.5 Å². The Labute approximate surface area is 147 Å². The Bertz CT molecular complexity index is 732. The van der Waals surface area contributed by atoms with Crippen molar-refractivity contribution < 1.29 is 58.7 Å². The third-order valence-corrected chi connectivity index (χ3v) is 6.99. The predicted octanol–water partition coefficient (Wildman–Crippen LogP) is -1.52. The molecule has 26 heavy (non-hydrogen) atoms. The van der Waals surface area contributed by atoms with Gasteiger partial charge in [0, 0.05) is 0 Å². The van der Waals surface area contributed by atoms with Crippen LogP contribution in [0.3, 0.4) is 0 Å². The minimum atomic E-state index is -5.89. The zero-order valence-corrected chi connectivity index (χ0v) is 15.6. The number of hydrogen-bond donors (Lipinski definition) is 0. The molecule has 0 unspecified atom stereocenters. The van der Waals surface area contributed by atoms with Crippen molar-refractivity contribution in [2.45, 2.75) is 0 Å². The second kappa shape index (κ2) is 9.52. The van der Waals surface area contributed by atoms with Crippen LogP contribution in [-0.4, -0.2) is 80.6 Å². The van der Waals surface area contributed by atoms with Crippen LogP contribution in [0.2, 0.25) is 0 Å². The van der Waals surface area contributed by atoms with Gasteiger partial charge in [0.15, 0.2) is 0 Å². The highest BCUT2D eigenvalue weighted by atomic mass is 32.3. The van der Waals surface area contributed by atoms with Gasteiger partial charge in [-0.1, -0.05) is 15.5 Å². The first-order valence-electron chi connectivity index (χ1n) is 5.97. The number of nitrogens with zero attached hydrogens (tertiary/aromatic N) is 2. The summed E-state index contributed by atoms with van der Waals surface area (Å²) in [5.41, 5.74) is 0. The fourth-order valence-electron chi connectivity index (χ4n) is 1.25. The van der Waals surface area contributed by atoms with Crippen molar-refractivity contribution in [3.63, 3.8) is 0 Å². The molecule has 0 fully saturated rings. The fourth-order valence-corrected chi connectivity index (χ4v) is 4.12. The first-order chi connectivity index (χ1) is 11.5. The third-order valence-electron chi connectivity index (χ3n) is 2.18. The summed E-state index contributed by atoms with van der Waals surface area (Å²) in [7, 11) is -23.6. The van der Waals surface area contributed by atoms with Crippen LogP contribution in [-0.2, 0) is 51.1 Å². The number of halogens is 4. The van der Waals surface area contributed by atoms with E-state index < -0.39 is 88.6 Å². The van der Waals surface area contributed by atoms with E-state index >= 15 is 0 Å². The van der Waals surface area contributed by atoms with Crippen LogP contribution >= 0.6 is 0 Å². The van der Waals surface area contributed by atoms with Gasteiger partial charge in [0.05, 0.1) is 39.5 Å². The van der Waals surface area contributed by atoms with Gasteiger partial charge in [-0.05, 0) is 7.42 Å². The van der Waals surface area contributed by atoms with Crippen molar-refractivity contribution in [3.05, 3.63) is 0 Å². The maximum Gasteiger partial charge on any atom is 0.390 e. The zero-order valence-electron chi connectivity index (χ0n) is 12.4. The molecule has 0 atom stereocenters. The second-order valence-corrected chi connectivity index (χ2v) is 9.51. The van der Waals surface area contributed by atoms with Crippen molar-refractivity contribution in [2.75, 3.05) is 39.5 Å². The molecule has 0 aliphatic rings. The lowest BCUT2D eigenvalue weighted by molar-refractivity contribution is 0.0464. The second-order valence-electron chi connectivity index (χ2n) is 3.99. The topological polar surface area (TPSA) is 161 Å². The Hall–Kier alpha value is -0.640. The molecule has 0 saturated carbocycles. The number of ether oxygens (including phenoxy) is 2.